The smallest absolute Gasteiger partial charge is 0.255 e. The van der Waals surface area contributed by atoms with Crippen LogP contribution in [0.25, 0.3) is 39.3 Å². The normalized spacial score (nSPS) is 17.6. The van der Waals surface area contributed by atoms with Gasteiger partial charge in [-0.15, -0.1) is 0 Å². The van der Waals surface area contributed by atoms with Crippen LogP contribution in [0.1, 0.15) is 71.2 Å². The van der Waals surface area contributed by atoms with E-state index in [4.69, 9.17) is 9.52 Å². The van der Waals surface area contributed by atoms with Crippen molar-refractivity contribution >= 4 is 57.7 Å². The molecule has 6 aromatic rings. The van der Waals surface area contributed by atoms with Crippen molar-refractivity contribution in [2.24, 2.45) is 0 Å². The molecule has 0 radical (unpaired) electrons. The van der Waals surface area contributed by atoms with Crippen LogP contribution in [0, 0.1) is 0 Å². The van der Waals surface area contributed by atoms with Crippen molar-refractivity contribution in [1.29, 1.82) is 0 Å². The first-order valence-electron chi connectivity index (χ1n) is 21.0. The SMILES string of the molecule is O=C(CN[C@H]1CCCN(C(=O)c2ccc(-c3ccc4ncc(-c5cc6ccccc6o5)n4n3)cc2)C1)NCCCCC(=O)Nc1cccc2c1CN(C1CCC(=O)NC1=O)C2=O. The number of carbonyl (C=O) groups is 6. The number of amides is 6. The van der Waals surface area contributed by atoms with E-state index in [1.54, 1.807) is 28.9 Å². The molecule has 9 rings (SSSR count). The molecule has 316 valence electrons. The molecule has 2 saturated heterocycles. The maximum atomic E-state index is 13.6. The number of imide groups is 1. The number of nitrogens with one attached hydrogen (secondary N) is 4. The minimum Gasteiger partial charge on any atom is -0.454 e. The number of imidazole rings is 1. The second-order valence-corrected chi connectivity index (χ2v) is 15.9. The van der Waals surface area contributed by atoms with Crippen molar-refractivity contribution < 1.29 is 33.2 Å². The zero-order valence-electron chi connectivity index (χ0n) is 33.9. The number of piperidine rings is 2. The van der Waals surface area contributed by atoms with Crippen molar-refractivity contribution in [3.05, 3.63) is 108 Å². The largest absolute Gasteiger partial charge is 0.454 e. The van der Waals surface area contributed by atoms with E-state index < -0.39 is 11.9 Å². The molecule has 0 spiro atoms. The molecule has 0 bridgehead atoms. The van der Waals surface area contributed by atoms with Crippen molar-refractivity contribution in [3.63, 3.8) is 0 Å². The minimum atomic E-state index is -0.736. The highest BCUT2D eigenvalue weighted by Gasteiger charge is 2.40. The Morgan fingerprint density at radius 1 is 0.903 bits per heavy atom. The van der Waals surface area contributed by atoms with Gasteiger partial charge in [0.15, 0.2) is 11.4 Å². The number of benzene rings is 3. The number of hydrogen-bond donors (Lipinski definition) is 4. The fraction of sp³-hybridized carbons (Fsp3) is 0.304. The van der Waals surface area contributed by atoms with Gasteiger partial charge in [-0.25, -0.2) is 9.50 Å². The molecule has 2 atom stereocenters. The zero-order chi connectivity index (χ0) is 42.7. The highest BCUT2D eigenvalue weighted by atomic mass is 16.3. The third kappa shape index (κ3) is 8.41. The van der Waals surface area contributed by atoms with Gasteiger partial charge in [-0.05, 0) is 80.6 Å². The number of rotatable bonds is 13. The van der Waals surface area contributed by atoms with Gasteiger partial charge in [-0.1, -0.05) is 36.4 Å². The first kappa shape index (κ1) is 40.2. The highest BCUT2D eigenvalue weighted by molar-refractivity contribution is 6.07. The quantitative estimate of drug-likeness (QED) is 0.0935. The number of likely N-dealkylation sites (tertiary alicyclic amines) is 1. The predicted molar refractivity (Wildman–Crippen MR) is 229 cm³/mol. The van der Waals surface area contributed by atoms with Crippen LogP contribution < -0.4 is 21.3 Å². The fourth-order valence-electron chi connectivity index (χ4n) is 8.45. The highest BCUT2D eigenvalue weighted by Crippen LogP contribution is 2.33. The Kier molecular flexibility index (Phi) is 11.3. The second-order valence-electron chi connectivity index (χ2n) is 15.9. The van der Waals surface area contributed by atoms with Gasteiger partial charge in [-0.2, -0.15) is 5.10 Å². The zero-order valence-corrected chi connectivity index (χ0v) is 33.9. The summed E-state index contributed by atoms with van der Waals surface area (Å²) < 4.78 is 7.84. The minimum absolute atomic E-state index is 0.0284. The van der Waals surface area contributed by atoms with E-state index in [0.717, 1.165) is 40.8 Å². The van der Waals surface area contributed by atoms with Crippen LogP contribution in [-0.2, 0) is 25.7 Å². The first-order chi connectivity index (χ1) is 30.2. The molecule has 62 heavy (non-hydrogen) atoms. The summed E-state index contributed by atoms with van der Waals surface area (Å²) in [6.45, 7) is 1.80. The lowest BCUT2D eigenvalue weighted by Gasteiger charge is -2.33. The Morgan fingerprint density at radius 3 is 2.60 bits per heavy atom. The van der Waals surface area contributed by atoms with E-state index in [1.165, 1.54) is 4.90 Å². The fourth-order valence-corrected chi connectivity index (χ4v) is 8.45. The number of unbranched alkanes of at least 4 members (excludes halogenated alkanes) is 1. The lowest BCUT2D eigenvalue weighted by molar-refractivity contribution is -0.137. The summed E-state index contributed by atoms with van der Waals surface area (Å²) in [6.07, 6.45) is 5.18. The van der Waals surface area contributed by atoms with Crippen molar-refractivity contribution in [3.8, 4) is 22.7 Å². The molecule has 3 aromatic carbocycles. The molecule has 16 nitrogen and oxygen atoms in total. The molecule has 3 aromatic heterocycles. The summed E-state index contributed by atoms with van der Waals surface area (Å²) in [7, 11) is 0. The van der Waals surface area contributed by atoms with E-state index >= 15 is 0 Å². The molecule has 0 saturated carbocycles. The van der Waals surface area contributed by atoms with Gasteiger partial charge in [0.2, 0.25) is 23.6 Å². The van der Waals surface area contributed by atoms with Gasteiger partial charge >= 0.3 is 0 Å². The number of aromatic nitrogens is 3. The number of furan rings is 1. The summed E-state index contributed by atoms with van der Waals surface area (Å²) >= 11 is 0. The van der Waals surface area contributed by atoms with Crippen molar-refractivity contribution in [1.82, 2.24) is 40.3 Å². The summed E-state index contributed by atoms with van der Waals surface area (Å²) in [5.74, 6) is -0.917. The monoisotopic (exact) mass is 835 g/mol. The summed E-state index contributed by atoms with van der Waals surface area (Å²) in [4.78, 5) is 84.0. The molecule has 3 aliphatic heterocycles. The van der Waals surface area contributed by atoms with Crippen LogP contribution in [0.4, 0.5) is 5.69 Å². The molecule has 6 amide bonds. The lowest BCUT2D eigenvalue weighted by Crippen LogP contribution is -2.52. The molecule has 1 unspecified atom stereocenters. The van der Waals surface area contributed by atoms with Crippen molar-refractivity contribution in [2.45, 2.75) is 63.6 Å². The lowest BCUT2D eigenvalue weighted by atomic mass is 10.0. The van der Waals surface area contributed by atoms with Gasteiger partial charge in [0.25, 0.3) is 11.8 Å². The molecule has 6 heterocycles. The van der Waals surface area contributed by atoms with Gasteiger partial charge < -0.3 is 30.2 Å². The van der Waals surface area contributed by atoms with Gasteiger partial charge in [0.05, 0.1) is 18.4 Å². The van der Waals surface area contributed by atoms with Crippen LogP contribution >= 0.6 is 0 Å². The second kappa shape index (κ2) is 17.4. The molecular weight excluding hydrogens is 791 g/mol. The van der Waals surface area contributed by atoms with E-state index in [1.807, 2.05) is 71.6 Å². The van der Waals surface area contributed by atoms with Crippen LogP contribution in [-0.4, -0.2) is 98.1 Å². The van der Waals surface area contributed by atoms with E-state index in [0.29, 0.717) is 66.3 Å². The number of fused-ring (bicyclic) bond motifs is 3. The number of para-hydroxylation sites is 1. The Balaban J connectivity index is 0.703. The van der Waals surface area contributed by atoms with E-state index in [2.05, 4.69) is 26.3 Å². The Morgan fingerprint density at radius 2 is 1.76 bits per heavy atom. The average molecular weight is 836 g/mol. The van der Waals surface area contributed by atoms with E-state index in [-0.39, 0.29) is 67.9 Å². The maximum Gasteiger partial charge on any atom is 0.255 e. The number of hydrogen-bond acceptors (Lipinski definition) is 10. The van der Waals surface area contributed by atoms with Crippen LogP contribution in [0.3, 0.4) is 0 Å². The maximum absolute atomic E-state index is 13.6. The first-order valence-corrected chi connectivity index (χ1v) is 21.0. The van der Waals surface area contributed by atoms with Gasteiger partial charge in [-0.3, -0.25) is 34.1 Å². The standard InChI is InChI=1S/C46H45N9O7/c56-41(50-35-10-5-9-32-33(35)27-54(46(32)61)36-18-20-42(57)51-44(36)59)12-3-4-21-47-43(58)25-48-31-8-6-22-53(26-31)45(60)29-15-13-28(14-16-29)34-17-19-40-49-24-37(55(40)52-34)39-23-30-7-1-2-11-38(30)62-39/h1-2,5,7,9-11,13-17,19,23-24,31,36,48H,3-4,6,8,12,18,20-22,25-27H2,(H,47,58)(H,50,56)(H,51,57,59)/t31-,36?/m0/s1. The molecule has 3 aliphatic rings. The molecule has 0 aliphatic carbocycles. The Bertz CT molecular complexity index is 2690. The van der Waals surface area contributed by atoms with Gasteiger partial charge in [0.1, 0.15) is 17.3 Å². The topological polar surface area (TPSA) is 200 Å². The van der Waals surface area contributed by atoms with Crippen LogP contribution in [0.5, 0.6) is 0 Å². The van der Waals surface area contributed by atoms with Gasteiger partial charge in [0, 0.05) is 78.4 Å². The molecular formula is C46H45N9O7. The summed E-state index contributed by atoms with van der Waals surface area (Å²) in [5.41, 5.74) is 5.97. The number of anilines is 1. The number of carbonyl (C=O) groups excluding carboxylic acids is 6. The third-order valence-corrected chi connectivity index (χ3v) is 11.7. The number of nitrogens with zero attached hydrogens (tertiary/aromatic N) is 5. The molecule has 16 heteroatoms. The summed E-state index contributed by atoms with van der Waals surface area (Å²) in [5, 5.41) is 17.3. The van der Waals surface area contributed by atoms with Crippen molar-refractivity contribution in [2.75, 3.05) is 31.5 Å². The Labute approximate surface area is 356 Å². The third-order valence-electron chi connectivity index (χ3n) is 11.7. The molecule has 4 N–H and O–H groups in total. The molecule has 2 fully saturated rings. The average Bonchev–Trinajstić information content (AvgIpc) is 4.01. The summed E-state index contributed by atoms with van der Waals surface area (Å²) in [6, 6.07) is 25.4. The Hall–Kier alpha value is -7.20. The van der Waals surface area contributed by atoms with Crippen LogP contribution in [0.15, 0.2) is 95.5 Å². The van der Waals surface area contributed by atoms with E-state index in [9.17, 15) is 28.8 Å². The van der Waals surface area contributed by atoms with Crippen LogP contribution in [0.2, 0.25) is 0 Å². The predicted octanol–water partition coefficient (Wildman–Crippen LogP) is 4.69.